The number of allylic oxidation sites excluding steroid dienone is 5. The van der Waals surface area contributed by atoms with Gasteiger partial charge in [0.1, 0.15) is 6.10 Å². The van der Waals surface area contributed by atoms with Crippen molar-refractivity contribution in [2.45, 2.75) is 92.1 Å². The number of benzene rings is 1. The van der Waals surface area contributed by atoms with Gasteiger partial charge in [0.05, 0.1) is 5.56 Å². The highest BCUT2D eigenvalue weighted by atomic mass is 16.5. The minimum absolute atomic E-state index is 0.0201. The second-order valence-corrected chi connectivity index (χ2v) is 13.1. The van der Waals surface area contributed by atoms with Crippen LogP contribution in [0, 0.1) is 40.4 Å². The molecule has 0 saturated heterocycles. The van der Waals surface area contributed by atoms with E-state index in [2.05, 4.69) is 58.9 Å². The van der Waals surface area contributed by atoms with Gasteiger partial charge in [-0.05, 0) is 111 Å². The molecular weight excluding hydrogens is 440 g/mol. The molecule has 1 aromatic carbocycles. The average molecular weight is 487 g/mol. The molecule has 0 radical (unpaired) electrons. The summed E-state index contributed by atoms with van der Waals surface area (Å²) < 4.78 is 5.99. The third-order valence-corrected chi connectivity index (χ3v) is 10.9. The highest BCUT2D eigenvalue weighted by Crippen LogP contribution is 2.67. The Hall–Kier alpha value is -2.09. The van der Waals surface area contributed by atoms with Gasteiger partial charge in [-0.15, -0.1) is 0 Å². The molecule has 0 bridgehead atoms. The van der Waals surface area contributed by atoms with E-state index in [0.717, 1.165) is 42.9 Å². The Morgan fingerprint density at radius 1 is 1.03 bits per heavy atom. The number of ether oxygens (including phenoxy) is 1. The van der Waals surface area contributed by atoms with Crippen LogP contribution in [-0.4, -0.2) is 12.1 Å². The lowest BCUT2D eigenvalue weighted by atomic mass is 9.47. The molecule has 0 N–H and O–H groups in total. The largest absolute Gasteiger partial charge is 0.458 e. The van der Waals surface area contributed by atoms with Crippen molar-refractivity contribution >= 4 is 5.97 Å². The molecule has 194 valence electrons. The van der Waals surface area contributed by atoms with Gasteiger partial charge >= 0.3 is 5.97 Å². The van der Waals surface area contributed by atoms with Crippen LogP contribution >= 0.6 is 0 Å². The summed E-state index contributed by atoms with van der Waals surface area (Å²) in [5.41, 5.74) is 4.37. The number of carbonyl (C=O) groups is 1. The van der Waals surface area contributed by atoms with Crippen LogP contribution in [0.2, 0.25) is 0 Å². The lowest BCUT2D eigenvalue weighted by Gasteiger charge is -2.58. The first kappa shape index (κ1) is 25.6. The molecule has 2 nitrogen and oxygen atoms in total. The van der Waals surface area contributed by atoms with Gasteiger partial charge in [-0.1, -0.05) is 74.4 Å². The second kappa shape index (κ2) is 9.99. The van der Waals surface area contributed by atoms with Gasteiger partial charge in [0.25, 0.3) is 0 Å². The summed E-state index contributed by atoms with van der Waals surface area (Å²) in [6.07, 6.45) is 19.4. The summed E-state index contributed by atoms with van der Waals surface area (Å²) in [4.78, 5) is 12.7. The molecule has 5 rings (SSSR count). The van der Waals surface area contributed by atoms with E-state index in [1.54, 1.807) is 5.57 Å². The van der Waals surface area contributed by atoms with Gasteiger partial charge in [-0.3, -0.25) is 0 Å². The Morgan fingerprint density at radius 2 is 1.81 bits per heavy atom. The highest BCUT2D eigenvalue weighted by molar-refractivity contribution is 5.89. The molecule has 3 fully saturated rings. The molecule has 4 aliphatic carbocycles. The molecule has 0 aromatic heterocycles. The van der Waals surface area contributed by atoms with Gasteiger partial charge in [-0.2, -0.15) is 0 Å². The first-order chi connectivity index (χ1) is 17.2. The van der Waals surface area contributed by atoms with Crippen molar-refractivity contribution in [1.82, 2.24) is 0 Å². The fraction of sp³-hybridized carbons (Fsp3) is 0.618. The Labute approximate surface area is 219 Å². The molecule has 8 atom stereocenters. The van der Waals surface area contributed by atoms with Crippen molar-refractivity contribution in [3.05, 3.63) is 71.3 Å². The zero-order valence-electron chi connectivity index (χ0n) is 23.1. The molecule has 2 heteroatoms. The van der Waals surface area contributed by atoms with Crippen LogP contribution in [0.25, 0.3) is 0 Å². The zero-order chi connectivity index (χ0) is 25.5. The van der Waals surface area contributed by atoms with E-state index in [-0.39, 0.29) is 17.5 Å². The third-order valence-electron chi connectivity index (χ3n) is 10.9. The highest BCUT2D eigenvalue weighted by Gasteiger charge is 2.59. The van der Waals surface area contributed by atoms with Crippen molar-refractivity contribution in [1.29, 1.82) is 0 Å². The van der Waals surface area contributed by atoms with E-state index in [1.807, 2.05) is 30.3 Å². The van der Waals surface area contributed by atoms with Crippen molar-refractivity contribution in [3.8, 4) is 0 Å². The molecule has 0 unspecified atom stereocenters. The first-order valence-electron chi connectivity index (χ1n) is 14.5. The van der Waals surface area contributed by atoms with Crippen LogP contribution in [-0.2, 0) is 4.74 Å². The summed E-state index contributed by atoms with van der Waals surface area (Å²) in [5.74, 6) is 3.74. The molecule has 36 heavy (non-hydrogen) atoms. The molecule has 0 heterocycles. The lowest BCUT2D eigenvalue weighted by molar-refractivity contribution is -0.0565. The second-order valence-electron chi connectivity index (χ2n) is 13.1. The molecule has 1 aromatic rings. The summed E-state index contributed by atoms with van der Waals surface area (Å²) in [6.45, 7) is 12.0. The number of hydrogen-bond donors (Lipinski definition) is 0. The predicted octanol–water partition coefficient (Wildman–Crippen LogP) is 8.95. The standard InChI is InChI=1S/C34H46O2/c1-23(2)10-9-11-24(3)29-16-17-30-28-15-14-26-22-27(36-32(35)25-12-7-6-8-13-25)18-20-33(26,4)31(28)19-21-34(29,30)5/h6-14,24,27-31H,15-22H2,1-5H3/b11-9-/t24-,27-,28+,29-,30+,31+,33+,34-/m1/s1. The van der Waals surface area contributed by atoms with Gasteiger partial charge < -0.3 is 4.74 Å². The SMILES string of the molecule is CC(C)=C/C=C\[C@@H](C)[C@H]1CC[C@H]2[C@@H]3CC=C4C[C@H](OC(=O)c5ccccc5)CC[C@]4(C)[C@H]3CC[C@]12C. The van der Waals surface area contributed by atoms with Crippen LogP contribution in [0.5, 0.6) is 0 Å². The Balaban J connectivity index is 1.29. The van der Waals surface area contributed by atoms with E-state index in [4.69, 9.17) is 4.74 Å². The number of hydrogen-bond acceptors (Lipinski definition) is 2. The maximum atomic E-state index is 12.7. The zero-order valence-corrected chi connectivity index (χ0v) is 23.1. The van der Waals surface area contributed by atoms with Crippen LogP contribution in [0.4, 0.5) is 0 Å². The topological polar surface area (TPSA) is 26.3 Å². The van der Waals surface area contributed by atoms with Gasteiger partial charge in [0.15, 0.2) is 0 Å². The number of carbonyl (C=O) groups excluding carboxylic acids is 1. The Kier molecular flexibility index (Phi) is 7.09. The van der Waals surface area contributed by atoms with Crippen molar-refractivity contribution in [2.24, 2.45) is 40.4 Å². The van der Waals surface area contributed by atoms with Crippen molar-refractivity contribution in [3.63, 3.8) is 0 Å². The monoisotopic (exact) mass is 486 g/mol. The minimum Gasteiger partial charge on any atom is -0.458 e. The van der Waals surface area contributed by atoms with Crippen molar-refractivity contribution in [2.75, 3.05) is 0 Å². The normalized spacial score (nSPS) is 38.4. The van der Waals surface area contributed by atoms with E-state index < -0.39 is 0 Å². The van der Waals surface area contributed by atoms with E-state index in [9.17, 15) is 4.79 Å². The van der Waals surface area contributed by atoms with Crippen LogP contribution < -0.4 is 0 Å². The fourth-order valence-corrected chi connectivity index (χ4v) is 8.98. The molecule has 0 aliphatic heterocycles. The lowest BCUT2D eigenvalue weighted by Crippen LogP contribution is -2.51. The first-order valence-corrected chi connectivity index (χ1v) is 14.5. The molecular formula is C34H46O2. The summed E-state index contributed by atoms with van der Waals surface area (Å²) >= 11 is 0. The van der Waals surface area contributed by atoms with Crippen LogP contribution in [0.15, 0.2) is 65.8 Å². The molecule has 0 amide bonds. The molecule has 3 saturated carbocycles. The van der Waals surface area contributed by atoms with Crippen LogP contribution in [0.1, 0.15) is 96.3 Å². The van der Waals surface area contributed by atoms with Crippen LogP contribution in [0.3, 0.4) is 0 Å². The summed E-state index contributed by atoms with van der Waals surface area (Å²) in [7, 11) is 0. The Morgan fingerprint density at radius 3 is 2.56 bits per heavy atom. The molecule has 0 spiro atoms. The minimum atomic E-state index is -0.170. The van der Waals surface area contributed by atoms with Gasteiger partial charge in [-0.25, -0.2) is 4.79 Å². The van der Waals surface area contributed by atoms with Gasteiger partial charge in [0, 0.05) is 6.42 Å². The maximum Gasteiger partial charge on any atom is 0.338 e. The Bertz CT molecular complexity index is 1040. The maximum absolute atomic E-state index is 12.7. The smallest absolute Gasteiger partial charge is 0.338 e. The summed E-state index contributed by atoms with van der Waals surface area (Å²) in [5, 5.41) is 0. The number of esters is 1. The fourth-order valence-electron chi connectivity index (χ4n) is 8.98. The third kappa shape index (κ3) is 4.54. The van der Waals surface area contributed by atoms with Gasteiger partial charge in [0.2, 0.25) is 0 Å². The predicted molar refractivity (Wildman–Crippen MR) is 149 cm³/mol. The number of fused-ring (bicyclic) bond motifs is 5. The van der Waals surface area contributed by atoms with E-state index in [1.165, 1.54) is 37.7 Å². The molecule has 4 aliphatic rings. The number of rotatable bonds is 5. The quantitative estimate of drug-likeness (QED) is 0.236. The van der Waals surface area contributed by atoms with E-state index in [0.29, 0.717) is 16.9 Å². The average Bonchev–Trinajstić information content (AvgIpc) is 3.22. The van der Waals surface area contributed by atoms with Crippen molar-refractivity contribution < 1.29 is 9.53 Å². The van der Waals surface area contributed by atoms with E-state index >= 15 is 0 Å². The summed E-state index contributed by atoms with van der Waals surface area (Å²) in [6, 6.07) is 9.46.